The lowest BCUT2D eigenvalue weighted by Gasteiger charge is -2.11. The highest BCUT2D eigenvalue weighted by Crippen LogP contribution is 2.52. The van der Waals surface area contributed by atoms with Crippen molar-refractivity contribution in [2.24, 2.45) is 0 Å². The molecular weight excluding hydrogens is 1220 g/mol. The smallest absolute Gasteiger partial charge is 0.0833 e. The first-order valence-electron chi connectivity index (χ1n) is 25.1. The average Bonchev–Trinajstić information content (AvgIpc) is 4.17. The molecule has 0 radical (unpaired) electrons. The van der Waals surface area contributed by atoms with Crippen LogP contribution < -0.4 is 0 Å². The monoisotopic (exact) mass is 1280 g/mol. The molecule has 8 bridgehead atoms. The van der Waals surface area contributed by atoms with Crippen LogP contribution in [0.4, 0.5) is 0 Å². The molecule has 5 heterocycles. The maximum Gasteiger partial charge on any atom is 0.0833 e. The van der Waals surface area contributed by atoms with Crippen molar-refractivity contribution in [3.63, 3.8) is 0 Å². The van der Waals surface area contributed by atoms with E-state index in [1.54, 1.807) is 0 Å². The lowest BCUT2D eigenvalue weighted by Crippen LogP contribution is -1.92. The molecule has 0 fully saturated rings. The molecule has 12 heteroatoms. The molecule has 3 aromatic heterocycles. The van der Waals surface area contributed by atoms with Crippen molar-refractivity contribution in [3.8, 4) is 0 Å². The number of hydrogen-bond donors (Lipinski definition) is 2. The molecular formula is C60H58Br4N4S4. The van der Waals surface area contributed by atoms with Crippen LogP contribution >= 0.6 is 111 Å². The summed E-state index contributed by atoms with van der Waals surface area (Å²) in [6.07, 6.45) is 6.80. The molecule has 0 saturated carbocycles. The minimum atomic E-state index is 0.844. The second kappa shape index (κ2) is 23.8. The van der Waals surface area contributed by atoms with E-state index in [1.165, 1.54) is 44.5 Å². The molecule has 4 nitrogen and oxygen atoms in total. The van der Waals surface area contributed by atoms with Crippen LogP contribution in [0.15, 0.2) is 154 Å². The second-order valence-electron chi connectivity index (χ2n) is 17.6. The zero-order valence-electron chi connectivity index (χ0n) is 41.9. The van der Waals surface area contributed by atoms with Gasteiger partial charge in [-0.2, -0.15) is 0 Å². The topological polar surface area (TPSA) is 57.4 Å². The Morgan fingerprint density at radius 3 is 0.667 bits per heavy atom. The van der Waals surface area contributed by atoms with Crippen LogP contribution in [0.2, 0.25) is 0 Å². The van der Waals surface area contributed by atoms with Crippen LogP contribution in [0, 0.1) is 0 Å². The van der Waals surface area contributed by atoms with E-state index >= 15 is 0 Å². The van der Waals surface area contributed by atoms with Crippen LogP contribution in [0.25, 0.3) is 44.4 Å². The van der Waals surface area contributed by atoms with Crippen molar-refractivity contribution >= 4 is 155 Å². The molecule has 0 unspecified atom stereocenters. The van der Waals surface area contributed by atoms with Crippen LogP contribution in [0.1, 0.15) is 126 Å². The van der Waals surface area contributed by atoms with Crippen molar-refractivity contribution in [1.29, 1.82) is 0 Å². The molecule has 2 aliphatic heterocycles. The summed E-state index contributed by atoms with van der Waals surface area (Å²) in [6, 6.07) is 35.0. The second-order valence-corrected chi connectivity index (χ2v) is 25.6. The van der Waals surface area contributed by atoms with Gasteiger partial charge in [0.25, 0.3) is 0 Å². The Balaban J connectivity index is 1.59. The van der Waals surface area contributed by atoms with Crippen molar-refractivity contribution in [1.82, 2.24) is 19.9 Å². The molecule has 0 saturated heterocycles. The lowest BCUT2D eigenvalue weighted by atomic mass is 9.98. The third-order valence-electron chi connectivity index (χ3n) is 13.5. The molecule has 4 aromatic carbocycles. The first kappa shape index (κ1) is 53.6. The molecule has 72 heavy (non-hydrogen) atoms. The van der Waals surface area contributed by atoms with Gasteiger partial charge >= 0.3 is 0 Å². The van der Waals surface area contributed by atoms with Gasteiger partial charge in [0.15, 0.2) is 0 Å². The number of halogens is 4. The van der Waals surface area contributed by atoms with E-state index in [9.17, 15) is 0 Å². The van der Waals surface area contributed by atoms with E-state index in [1.807, 2.05) is 47.0 Å². The maximum atomic E-state index is 6.04. The fraction of sp³-hybridized carbons (Fsp3) is 0.267. The Kier molecular flexibility index (Phi) is 17.7. The molecule has 370 valence electrons. The Morgan fingerprint density at radius 2 is 0.500 bits per heavy atom. The lowest BCUT2D eigenvalue weighted by molar-refractivity contribution is 1.06. The van der Waals surface area contributed by atoms with Gasteiger partial charge in [-0.15, -0.1) is 0 Å². The molecule has 2 aliphatic rings. The van der Waals surface area contributed by atoms with Gasteiger partial charge in [0.05, 0.1) is 64.4 Å². The van der Waals surface area contributed by atoms with E-state index in [2.05, 4.69) is 226 Å². The zero-order valence-corrected chi connectivity index (χ0v) is 51.5. The summed E-state index contributed by atoms with van der Waals surface area (Å²) >= 11 is 22.2. The Labute approximate surface area is 476 Å². The highest BCUT2D eigenvalue weighted by atomic mass is 79.9. The quantitative estimate of drug-likeness (QED) is 0.101. The van der Waals surface area contributed by atoms with Gasteiger partial charge in [-0.3, -0.25) is 0 Å². The third kappa shape index (κ3) is 10.6. The van der Waals surface area contributed by atoms with E-state index in [4.69, 9.17) is 9.97 Å². The van der Waals surface area contributed by atoms with Crippen molar-refractivity contribution in [2.45, 2.75) is 146 Å². The molecule has 0 atom stereocenters. The fourth-order valence-corrected chi connectivity index (χ4v) is 15.4. The number of fused-ring (bicyclic) bond motifs is 8. The number of allylic oxidation sites excluding steroid dienone is 4. The summed E-state index contributed by atoms with van der Waals surface area (Å²) in [7, 11) is 0. The molecule has 2 N–H and O–H groups in total. The minimum absolute atomic E-state index is 0.844. The number of aromatic nitrogens is 4. The number of rotatable bonds is 16. The van der Waals surface area contributed by atoms with Gasteiger partial charge in [0, 0.05) is 37.5 Å². The van der Waals surface area contributed by atoms with E-state index < -0.39 is 0 Å². The number of H-pyrrole nitrogens is 2. The van der Waals surface area contributed by atoms with E-state index in [0.29, 0.717) is 0 Å². The highest BCUT2D eigenvalue weighted by Gasteiger charge is 2.31. The van der Waals surface area contributed by atoms with Gasteiger partial charge in [-0.25, -0.2) is 9.97 Å². The number of hydrogen-bond acceptors (Lipinski definition) is 6. The predicted octanol–water partition coefficient (Wildman–Crippen LogP) is 21.7. The summed E-state index contributed by atoms with van der Waals surface area (Å²) in [5.74, 6) is 0. The summed E-state index contributed by atoms with van der Waals surface area (Å²) in [5.41, 5.74) is 19.3. The summed E-state index contributed by atoms with van der Waals surface area (Å²) in [5, 5.41) is 0. The largest absolute Gasteiger partial charge is 0.353 e. The standard InChI is InChI=1S/C60H58Br4N4S4/c1-9-41-42(10-2)50-58(70-38-27-19-34(62)20-28-38)52-45(13-5)46(14-6)54(67-52)60(72-40-31-23-36(64)24-32-40)56-48(16-8)47(15-7)55(68-56)59(71-39-29-21-35(63)22-30-39)53-44(12-4)43(11-3)51(66-53)57(49(41)65-50)69-37-25-17-33(61)18-26-37/h17-32,65,68H,9-16H2,1-8H3. The van der Waals surface area contributed by atoms with Crippen LogP contribution in [-0.2, 0) is 25.7 Å². The number of nitrogens with zero attached hydrogens (tertiary/aromatic N) is 2. The van der Waals surface area contributed by atoms with Gasteiger partial charge in [0.1, 0.15) is 0 Å². The molecule has 0 aliphatic carbocycles. The molecule has 0 spiro atoms. The first-order chi connectivity index (χ1) is 35.0. The molecule has 0 amide bonds. The Bertz CT molecular complexity index is 2960. The summed E-state index contributed by atoms with van der Waals surface area (Å²) in [4.78, 5) is 29.9. The first-order valence-corrected chi connectivity index (χ1v) is 31.5. The molecule has 7 aromatic rings. The Morgan fingerprint density at radius 1 is 0.306 bits per heavy atom. The molecule has 9 rings (SSSR count). The van der Waals surface area contributed by atoms with Crippen molar-refractivity contribution in [2.75, 3.05) is 0 Å². The maximum absolute atomic E-state index is 6.04. The zero-order chi connectivity index (χ0) is 50.8. The highest BCUT2D eigenvalue weighted by molar-refractivity contribution is 9.11. The summed E-state index contributed by atoms with van der Waals surface area (Å²) < 4.78 is 4.23. The number of aromatic amines is 2. The minimum Gasteiger partial charge on any atom is -0.353 e. The fourth-order valence-electron chi connectivity index (χ4n) is 10.2. The van der Waals surface area contributed by atoms with Crippen LogP contribution in [-0.4, -0.2) is 19.9 Å². The Hall–Kier alpha value is -3.20. The van der Waals surface area contributed by atoms with Gasteiger partial charge < -0.3 is 9.97 Å². The SMILES string of the molecule is CCC1=C(CC)c2nc1c(Sc1ccc(Br)cc1)c1[nH]c(c(CC)c1CC)c(Sc1ccc(Br)cc1)c1nc(c(Sc3ccc(Br)cc3)c3[nH]c(c(CC)c3CC)c2Sc2ccc(Br)cc2)C(CC)=C1CC. The van der Waals surface area contributed by atoms with Crippen molar-refractivity contribution < 1.29 is 0 Å². The third-order valence-corrected chi connectivity index (χ3v) is 20.0. The van der Waals surface area contributed by atoms with Gasteiger partial charge in [0.2, 0.25) is 0 Å². The van der Waals surface area contributed by atoms with E-state index in [-0.39, 0.29) is 0 Å². The average molecular weight is 1280 g/mol. The van der Waals surface area contributed by atoms with Crippen LogP contribution in [0.5, 0.6) is 0 Å². The number of aryl methyl sites for hydroxylation is 4. The van der Waals surface area contributed by atoms with Crippen LogP contribution in [0.3, 0.4) is 0 Å². The van der Waals surface area contributed by atoms with Crippen molar-refractivity contribution in [3.05, 3.63) is 160 Å². The summed E-state index contributed by atoms with van der Waals surface area (Å²) in [6.45, 7) is 18.5. The normalized spacial score (nSPS) is 12.7. The van der Waals surface area contributed by atoms with Gasteiger partial charge in [-0.05, 0) is 193 Å². The number of nitrogens with one attached hydrogen (secondary N) is 2. The van der Waals surface area contributed by atoms with Gasteiger partial charge in [-0.1, -0.05) is 166 Å². The number of benzene rings is 4. The predicted molar refractivity (Wildman–Crippen MR) is 326 cm³/mol. The van der Waals surface area contributed by atoms with E-state index in [0.717, 1.165) is 153 Å².